The largest absolute Gasteiger partial charge is 0.494 e. The van der Waals surface area contributed by atoms with Gasteiger partial charge in [-0.15, -0.1) is 0 Å². The minimum atomic E-state index is -0.330. The van der Waals surface area contributed by atoms with Gasteiger partial charge in [-0.05, 0) is 42.3 Å². The van der Waals surface area contributed by atoms with Crippen molar-refractivity contribution in [3.8, 4) is 5.75 Å². The second-order valence-corrected chi connectivity index (χ2v) is 5.54. The summed E-state index contributed by atoms with van der Waals surface area (Å²) in [4.78, 5) is 0. The molecule has 2 rings (SSSR count). The SMILES string of the molecule is COc1ccc(CN[C@H](C)c2ccc(Br)cc2)cc1F. The Balaban J connectivity index is 1.97. The van der Waals surface area contributed by atoms with Crippen LogP contribution < -0.4 is 10.1 Å². The van der Waals surface area contributed by atoms with Crippen molar-refractivity contribution in [3.05, 3.63) is 63.9 Å². The summed E-state index contributed by atoms with van der Waals surface area (Å²) in [6, 6.07) is 13.4. The monoisotopic (exact) mass is 337 g/mol. The van der Waals surface area contributed by atoms with E-state index in [4.69, 9.17) is 4.74 Å². The van der Waals surface area contributed by atoms with E-state index >= 15 is 0 Å². The van der Waals surface area contributed by atoms with E-state index in [2.05, 4.69) is 40.3 Å². The van der Waals surface area contributed by atoms with Crippen LogP contribution in [0.15, 0.2) is 46.9 Å². The maximum atomic E-state index is 13.6. The van der Waals surface area contributed by atoms with Gasteiger partial charge in [0, 0.05) is 17.1 Å². The Kier molecular flexibility index (Phi) is 5.15. The highest BCUT2D eigenvalue weighted by Crippen LogP contribution is 2.19. The van der Waals surface area contributed by atoms with Gasteiger partial charge in [0.25, 0.3) is 0 Å². The highest BCUT2D eigenvalue weighted by Gasteiger charge is 2.07. The van der Waals surface area contributed by atoms with Gasteiger partial charge >= 0.3 is 0 Å². The third-order valence-electron chi connectivity index (χ3n) is 3.20. The van der Waals surface area contributed by atoms with E-state index in [0.29, 0.717) is 6.54 Å². The zero-order valence-corrected chi connectivity index (χ0v) is 13.1. The Hall–Kier alpha value is -1.39. The summed E-state index contributed by atoms with van der Waals surface area (Å²) in [5.41, 5.74) is 2.09. The highest BCUT2D eigenvalue weighted by molar-refractivity contribution is 9.10. The summed E-state index contributed by atoms with van der Waals surface area (Å²) in [5.74, 6) is -0.0576. The fourth-order valence-electron chi connectivity index (χ4n) is 1.96. The molecular formula is C16H17BrFNO. The molecule has 4 heteroatoms. The fourth-order valence-corrected chi connectivity index (χ4v) is 2.22. The summed E-state index contributed by atoms with van der Waals surface area (Å²) in [6.07, 6.45) is 0. The Morgan fingerprint density at radius 2 is 1.90 bits per heavy atom. The smallest absolute Gasteiger partial charge is 0.165 e. The van der Waals surface area contributed by atoms with Gasteiger partial charge in [0.05, 0.1) is 7.11 Å². The lowest BCUT2D eigenvalue weighted by Crippen LogP contribution is -2.18. The van der Waals surface area contributed by atoms with Crippen molar-refractivity contribution in [2.45, 2.75) is 19.5 Å². The molecule has 0 heterocycles. The van der Waals surface area contributed by atoms with E-state index in [9.17, 15) is 4.39 Å². The molecule has 0 aliphatic rings. The van der Waals surface area contributed by atoms with E-state index < -0.39 is 0 Å². The summed E-state index contributed by atoms with van der Waals surface area (Å²) in [7, 11) is 1.46. The highest BCUT2D eigenvalue weighted by atomic mass is 79.9. The molecule has 0 aromatic heterocycles. The number of hydrogen-bond acceptors (Lipinski definition) is 2. The van der Waals surface area contributed by atoms with Gasteiger partial charge in [0.2, 0.25) is 0 Å². The normalized spacial score (nSPS) is 12.2. The average molecular weight is 338 g/mol. The Morgan fingerprint density at radius 3 is 2.50 bits per heavy atom. The van der Waals surface area contributed by atoms with Gasteiger partial charge in [-0.2, -0.15) is 0 Å². The van der Waals surface area contributed by atoms with Crippen molar-refractivity contribution in [2.24, 2.45) is 0 Å². The van der Waals surface area contributed by atoms with E-state index in [-0.39, 0.29) is 17.6 Å². The first-order valence-electron chi connectivity index (χ1n) is 6.41. The van der Waals surface area contributed by atoms with Crippen molar-refractivity contribution in [1.29, 1.82) is 0 Å². The van der Waals surface area contributed by atoms with Crippen molar-refractivity contribution >= 4 is 15.9 Å². The molecule has 2 aromatic carbocycles. The molecule has 0 aliphatic heterocycles. The molecule has 0 unspecified atom stereocenters. The fraction of sp³-hybridized carbons (Fsp3) is 0.250. The van der Waals surface area contributed by atoms with Crippen molar-refractivity contribution in [3.63, 3.8) is 0 Å². The number of rotatable bonds is 5. The van der Waals surface area contributed by atoms with Gasteiger partial charge in [0.1, 0.15) is 0 Å². The standard InChI is InChI=1S/C16H17BrFNO/c1-11(13-4-6-14(17)7-5-13)19-10-12-3-8-16(20-2)15(18)9-12/h3-9,11,19H,10H2,1-2H3/t11-/m1/s1. The Labute approximate surface area is 127 Å². The van der Waals surface area contributed by atoms with Crippen LogP contribution in [-0.2, 0) is 6.54 Å². The van der Waals surface area contributed by atoms with Gasteiger partial charge in [-0.3, -0.25) is 0 Å². The van der Waals surface area contributed by atoms with Crippen LogP contribution in [0.25, 0.3) is 0 Å². The molecule has 2 aromatic rings. The van der Waals surface area contributed by atoms with Gasteiger partial charge in [-0.25, -0.2) is 4.39 Å². The lowest BCUT2D eigenvalue weighted by atomic mass is 10.1. The van der Waals surface area contributed by atoms with Crippen molar-refractivity contribution in [1.82, 2.24) is 5.32 Å². The van der Waals surface area contributed by atoms with Crippen LogP contribution in [0.4, 0.5) is 4.39 Å². The number of halogens is 2. The van der Waals surface area contributed by atoms with Crippen LogP contribution in [-0.4, -0.2) is 7.11 Å². The average Bonchev–Trinajstić information content (AvgIpc) is 2.45. The number of nitrogens with one attached hydrogen (secondary N) is 1. The van der Waals surface area contributed by atoms with E-state index in [0.717, 1.165) is 10.0 Å². The van der Waals surface area contributed by atoms with Gasteiger partial charge in [-0.1, -0.05) is 34.1 Å². The van der Waals surface area contributed by atoms with E-state index in [1.54, 1.807) is 6.07 Å². The number of ether oxygens (including phenoxy) is 1. The summed E-state index contributed by atoms with van der Waals surface area (Å²) in [6.45, 7) is 2.70. The van der Waals surface area contributed by atoms with Crippen LogP contribution in [0.1, 0.15) is 24.1 Å². The predicted octanol–water partition coefficient (Wildman–Crippen LogP) is 4.45. The number of hydrogen-bond donors (Lipinski definition) is 1. The summed E-state index contributed by atoms with van der Waals surface area (Å²) < 4.78 is 19.6. The lowest BCUT2D eigenvalue weighted by Gasteiger charge is -2.15. The van der Waals surface area contributed by atoms with E-state index in [1.165, 1.54) is 18.7 Å². The molecule has 0 fully saturated rings. The summed E-state index contributed by atoms with van der Waals surface area (Å²) >= 11 is 3.42. The van der Waals surface area contributed by atoms with Crippen LogP contribution in [0, 0.1) is 5.82 Å². The topological polar surface area (TPSA) is 21.3 Å². The van der Waals surface area contributed by atoms with Gasteiger partial charge < -0.3 is 10.1 Å². The van der Waals surface area contributed by atoms with Crippen molar-refractivity contribution < 1.29 is 9.13 Å². The second-order valence-electron chi connectivity index (χ2n) is 4.62. The molecule has 0 bridgehead atoms. The Bertz CT molecular complexity index is 571. The minimum absolute atomic E-state index is 0.202. The molecule has 0 radical (unpaired) electrons. The summed E-state index contributed by atoms with van der Waals surface area (Å²) in [5, 5.41) is 3.38. The predicted molar refractivity (Wildman–Crippen MR) is 82.3 cm³/mol. The van der Waals surface area contributed by atoms with Crippen molar-refractivity contribution in [2.75, 3.05) is 7.11 Å². The van der Waals surface area contributed by atoms with E-state index in [1.807, 2.05) is 18.2 Å². The zero-order valence-electron chi connectivity index (χ0n) is 11.5. The third kappa shape index (κ3) is 3.81. The Morgan fingerprint density at radius 1 is 1.20 bits per heavy atom. The molecular weight excluding hydrogens is 321 g/mol. The first-order chi connectivity index (χ1) is 9.60. The lowest BCUT2D eigenvalue weighted by molar-refractivity contribution is 0.386. The van der Waals surface area contributed by atoms with Crippen LogP contribution in [0.3, 0.4) is 0 Å². The molecule has 0 spiro atoms. The molecule has 1 atom stereocenters. The molecule has 0 saturated heterocycles. The molecule has 20 heavy (non-hydrogen) atoms. The molecule has 0 amide bonds. The maximum Gasteiger partial charge on any atom is 0.165 e. The number of methoxy groups -OCH3 is 1. The van der Waals surface area contributed by atoms with Crippen LogP contribution in [0.5, 0.6) is 5.75 Å². The van der Waals surface area contributed by atoms with Gasteiger partial charge in [0.15, 0.2) is 11.6 Å². The van der Waals surface area contributed by atoms with Crippen LogP contribution >= 0.6 is 15.9 Å². The molecule has 0 saturated carbocycles. The third-order valence-corrected chi connectivity index (χ3v) is 3.73. The first kappa shape index (κ1) is 15.0. The zero-order chi connectivity index (χ0) is 14.5. The first-order valence-corrected chi connectivity index (χ1v) is 7.20. The number of benzene rings is 2. The molecule has 106 valence electrons. The molecule has 2 nitrogen and oxygen atoms in total. The quantitative estimate of drug-likeness (QED) is 0.870. The molecule has 1 N–H and O–H groups in total. The second kappa shape index (κ2) is 6.86. The minimum Gasteiger partial charge on any atom is -0.494 e. The van der Waals surface area contributed by atoms with Crippen LogP contribution in [0.2, 0.25) is 0 Å². The maximum absolute atomic E-state index is 13.6. The molecule has 0 aliphatic carbocycles.